The molecule has 3 heteroatoms. The highest BCUT2D eigenvalue weighted by molar-refractivity contribution is 5.77. The van der Waals surface area contributed by atoms with E-state index in [1.807, 2.05) is 55.6 Å². The van der Waals surface area contributed by atoms with Gasteiger partial charge in [-0.25, -0.2) is 0 Å². The molecule has 1 N–H and O–H groups in total. The summed E-state index contributed by atoms with van der Waals surface area (Å²) in [6, 6.07) is 20.0. The smallest absolute Gasteiger partial charge is 0.238 e. The zero-order chi connectivity index (χ0) is 14.2. The summed E-state index contributed by atoms with van der Waals surface area (Å²) < 4.78 is 0. The zero-order valence-corrected chi connectivity index (χ0v) is 11.8. The largest absolute Gasteiger partial charge is 0.289 e. The number of benzene rings is 2. The van der Waals surface area contributed by atoms with Crippen LogP contribution in [0.5, 0.6) is 0 Å². The predicted octanol–water partition coefficient (Wildman–Crippen LogP) is 3.18. The fraction of sp³-hybridized carbons (Fsp3) is 0.235. The Kier molecular flexibility index (Phi) is 5.18. The molecule has 104 valence electrons. The van der Waals surface area contributed by atoms with Gasteiger partial charge in [-0.05, 0) is 30.5 Å². The van der Waals surface area contributed by atoms with Crippen LogP contribution in [0, 0.1) is 0 Å². The Labute approximate surface area is 120 Å². The molecule has 2 aromatic rings. The number of nitrogens with one attached hydrogen (secondary N) is 1. The molecular formula is C17H20N2O. The molecule has 2 rings (SSSR count). The molecule has 0 spiro atoms. The monoisotopic (exact) mass is 268 g/mol. The van der Waals surface area contributed by atoms with Gasteiger partial charge in [-0.1, -0.05) is 48.5 Å². The van der Waals surface area contributed by atoms with E-state index in [0.29, 0.717) is 6.42 Å². The molecule has 1 amide bonds. The second-order valence-electron chi connectivity index (χ2n) is 4.77. The van der Waals surface area contributed by atoms with Crippen molar-refractivity contribution in [1.29, 1.82) is 0 Å². The molecule has 0 saturated heterocycles. The molecule has 0 radical (unpaired) electrons. The summed E-state index contributed by atoms with van der Waals surface area (Å²) in [5.74, 6) is 0.0484. The summed E-state index contributed by atoms with van der Waals surface area (Å²) in [5, 5.41) is 1.75. The van der Waals surface area contributed by atoms with Crippen molar-refractivity contribution >= 4 is 11.6 Å². The van der Waals surface area contributed by atoms with Crippen molar-refractivity contribution in [3.63, 3.8) is 0 Å². The minimum atomic E-state index is 0.0484. The van der Waals surface area contributed by atoms with E-state index >= 15 is 0 Å². The minimum absolute atomic E-state index is 0.0484. The molecule has 0 saturated carbocycles. The Bertz CT molecular complexity index is 525. The van der Waals surface area contributed by atoms with E-state index in [0.717, 1.165) is 18.5 Å². The average Bonchev–Trinajstić information content (AvgIpc) is 2.49. The summed E-state index contributed by atoms with van der Waals surface area (Å²) in [6.45, 7) is 0. The maximum Gasteiger partial charge on any atom is 0.238 e. The number of para-hydroxylation sites is 1. The molecule has 0 atom stereocenters. The third-order valence-electron chi connectivity index (χ3n) is 3.15. The Hall–Kier alpha value is -2.29. The van der Waals surface area contributed by atoms with Crippen molar-refractivity contribution in [2.45, 2.75) is 19.3 Å². The second-order valence-corrected chi connectivity index (χ2v) is 4.77. The number of hydrazine groups is 1. The topological polar surface area (TPSA) is 32.3 Å². The molecule has 0 fully saturated rings. The highest BCUT2D eigenvalue weighted by Gasteiger charge is 2.05. The Balaban J connectivity index is 1.73. The number of nitrogens with zero attached hydrogens (tertiary/aromatic N) is 1. The van der Waals surface area contributed by atoms with E-state index in [1.54, 1.807) is 5.01 Å². The van der Waals surface area contributed by atoms with Gasteiger partial charge in [-0.2, -0.15) is 0 Å². The fourth-order valence-electron chi connectivity index (χ4n) is 2.06. The number of rotatable bonds is 6. The number of hydrogen-bond donors (Lipinski definition) is 1. The zero-order valence-electron chi connectivity index (χ0n) is 11.8. The maximum absolute atomic E-state index is 11.9. The number of carbonyl (C=O) groups is 1. The molecule has 2 aromatic carbocycles. The van der Waals surface area contributed by atoms with Crippen LogP contribution >= 0.6 is 0 Å². The van der Waals surface area contributed by atoms with Gasteiger partial charge in [0.1, 0.15) is 0 Å². The van der Waals surface area contributed by atoms with Gasteiger partial charge in [-0.15, -0.1) is 0 Å². The van der Waals surface area contributed by atoms with Gasteiger partial charge in [0.25, 0.3) is 0 Å². The summed E-state index contributed by atoms with van der Waals surface area (Å²) in [5.41, 5.74) is 5.13. The third kappa shape index (κ3) is 4.43. The van der Waals surface area contributed by atoms with Crippen LogP contribution in [0.2, 0.25) is 0 Å². The van der Waals surface area contributed by atoms with E-state index in [4.69, 9.17) is 0 Å². The Morgan fingerprint density at radius 3 is 2.25 bits per heavy atom. The van der Waals surface area contributed by atoms with Gasteiger partial charge in [0.2, 0.25) is 5.91 Å². The van der Waals surface area contributed by atoms with Gasteiger partial charge >= 0.3 is 0 Å². The van der Waals surface area contributed by atoms with E-state index in [2.05, 4.69) is 17.6 Å². The van der Waals surface area contributed by atoms with E-state index in [9.17, 15) is 4.79 Å². The lowest BCUT2D eigenvalue weighted by molar-refractivity contribution is -0.121. The normalized spacial score (nSPS) is 10.1. The first kappa shape index (κ1) is 14.1. The van der Waals surface area contributed by atoms with Crippen LogP contribution in [0.3, 0.4) is 0 Å². The number of amides is 1. The summed E-state index contributed by atoms with van der Waals surface area (Å²) >= 11 is 0. The minimum Gasteiger partial charge on any atom is -0.289 e. The first-order valence-electron chi connectivity index (χ1n) is 6.88. The van der Waals surface area contributed by atoms with Gasteiger partial charge in [0.15, 0.2) is 0 Å². The molecule has 0 aliphatic heterocycles. The molecule has 0 aliphatic rings. The summed E-state index contributed by atoms with van der Waals surface area (Å²) in [4.78, 5) is 11.9. The number of carbonyl (C=O) groups excluding carboxylic acids is 1. The lowest BCUT2D eigenvalue weighted by Crippen LogP contribution is -2.39. The first-order chi connectivity index (χ1) is 9.75. The standard InChI is InChI=1S/C17H20N2O/c1-19(16-12-6-3-7-13-16)18-17(20)14-8-11-15-9-4-2-5-10-15/h2-7,9-10,12-13H,8,11,14H2,1H3,(H,18,20). The number of aryl methyl sites for hydroxylation is 1. The van der Waals surface area contributed by atoms with E-state index in [1.165, 1.54) is 5.56 Å². The van der Waals surface area contributed by atoms with E-state index < -0.39 is 0 Å². The molecule has 3 nitrogen and oxygen atoms in total. The highest BCUT2D eigenvalue weighted by Crippen LogP contribution is 2.09. The molecule has 0 aromatic heterocycles. The fourth-order valence-corrected chi connectivity index (χ4v) is 2.06. The highest BCUT2D eigenvalue weighted by atomic mass is 16.2. The quantitative estimate of drug-likeness (QED) is 0.816. The summed E-state index contributed by atoms with van der Waals surface area (Å²) in [6.07, 6.45) is 2.33. The lowest BCUT2D eigenvalue weighted by Gasteiger charge is -2.20. The second kappa shape index (κ2) is 7.34. The van der Waals surface area contributed by atoms with Crippen LogP contribution in [0.25, 0.3) is 0 Å². The molecule has 20 heavy (non-hydrogen) atoms. The molecular weight excluding hydrogens is 248 g/mol. The third-order valence-corrected chi connectivity index (χ3v) is 3.15. The van der Waals surface area contributed by atoms with Crippen LogP contribution in [0.15, 0.2) is 60.7 Å². The number of anilines is 1. The summed E-state index contributed by atoms with van der Waals surface area (Å²) in [7, 11) is 1.85. The van der Waals surface area contributed by atoms with Crippen LogP contribution in [-0.2, 0) is 11.2 Å². The molecule has 0 aliphatic carbocycles. The van der Waals surface area contributed by atoms with Crippen molar-refractivity contribution in [1.82, 2.24) is 5.43 Å². The predicted molar refractivity (Wildman–Crippen MR) is 82.4 cm³/mol. The molecule has 0 heterocycles. The maximum atomic E-state index is 11.9. The molecule has 0 bridgehead atoms. The lowest BCUT2D eigenvalue weighted by atomic mass is 10.1. The van der Waals surface area contributed by atoms with Crippen molar-refractivity contribution in [2.75, 3.05) is 12.1 Å². The Morgan fingerprint density at radius 1 is 1.00 bits per heavy atom. The molecule has 0 unspecified atom stereocenters. The van der Waals surface area contributed by atoms with Gasteiger partial charge < -0.3 is 0 Å². The average molecular weight is 268 g/mol. The number of hydrogen-bond acceptors (Lipinski definition) is 2. The SMILES string of the molecule is CN(NC(=O)CCCc1ccccc1)c1ccccc1. The van der Waals surface area contributed by atoms with Crippen LogP contribution in [0.1, 0.15) is 18.4 Å². The van der Waals surface area contributed by atoms with Crippen LogP contribution in [-0.4, -0.2) is 13.0 Å². The van der Waals surface area contributed by atoms with Crippen molar-refractivity contribution in [3.05, 3.63) is 66.2 Å². The first-order valence-corrected chi connectivity index (χ1v) is 6.88. The van der Waals surface area contributed by atoms with Crippen molar-refractivity contribution in [2.24, 2.45) is 0 Å². The Morgan fingerprint density at radius 2 is 1.60 bits per heavy atom. The van der Waals surface area contributed by atoms with Gasteiger partial charge in [0.05, 0.1) is 5.69 Å². The van der Waals surface area contributed by atoms with Crippen LogP contribution < -0.4 is 10.4 Å². The van der Waals surface area contributed by atoms with E-state index in [-0.39, 0.29) is 5.91 Å². The van der Waals surface area contributed by atoms with Gasteiger partial charge in [-0.3, -0.25) is 15.2 Å². The van der Waals surface area contributed by atoms with Crippen LogP contribution in [0.4, 0.5) is 5.69 Å². The van der Waals surface area contributed by atoms with Gasteiger partial charge in [0, 0.05) is 13.5 Å². The van der Waals surface area contributed by atoms with Crippen molar-refractivity contribution in [3.8, 4) is 0 Å². The van der Waals surface area contributed by atoms with Crippen molar-refractivity contribution < 1.29 is 4.79 Å².